The Morgan fingerprint density at radius 3 is 2.82 bits per heavy atom. The zero-order chi connectivity index (χ0) is 16.5. The minimum Gasteiger partial charge on any atom is -0.481 e. The molecule has 8 nitrogen and oxygen atoms in total. The molecule has 0 heterocycles. The van der Waals surface area contributed by atoms with Crippen LogP contribution in [-0.2, 0) is 9.53 Å². The molecule has 1 rings (SSSR count). The van der Waals surface area contributed by atoms with E-state index >= 15 is 0 Å². The molecule has 2 N–H and O–H groups in total. The number of carboxylic acid groups (broad SMARTS) is 1. The maximum atomic E-state index is 11.5. The lowest BCUT2D eigenvalue weighted by Gasteiger charge is -2.10. The molecule has 118 valence electrons. The second kappa shape index (κ2) is 8.67. The molecule has 0 radical (unpaired) electrons. The molecule has 0 fully saturated rings. The van der Waals surface area contributed by atoms with Gasteiger partial charge in [-0.25, -0.2) is 4.79 Å². The van der Waals surface area contributed by atoms with Crippen molar-refractivity contribution in [1.82, 2.24) is 0 Å². The molecule has 1 aromatic rings. The quantitative estimate of drug-likeness (QED) is 0.326. The van der Waals surface area contributed by atoms with Crippen LogP contribution >= 0.6 is 11.8 Å². The molecule has 0 bridgehead atoms. The van der Waals surface area contributed by atoms with Crippen LogP contribution in [0, 0.1) is 10.1 Å². The van der Waals surface area contributed by atoms with Crippen LogP contribution in [0.2, 0.25) is 0 Å². The van der Waals surface area contributed by atoms with Gasteiger partial charge in [0.25, 0.3) is 5.69 Å². The maximum Gasteiger partial charge on any atom is 0.411 e. The second-order valence-electron chi connectivity index (χ2n) is 3.94. The monoisotopic (exact) mass is 326 g/mol. The van der Waals surface area contributed by atoms with Crippen LogP contribution in [0.5, 0.6) is 0 Å². The Bertz CT molecular complexity index is 590. The lowest BCUT2D eigenvalue weighted by molar-refractivity contribution is -0.385. The number of hydrogen-bond donors (Lipinski definition) is 2. The minimum absolute atomic E-state index is 0.0281. The van der Waals surface area contributed by atoms with Crippen LogP contribution in [0.3, 0.4) is 0 Å². The smallest absolute Gasteiger partial charge is 0.411 e. The van der Waals surface area contributed by atoms with Gasteiger partial charge in [0.1, 0.15) is 6.61 Å². The zero-order valence-electron chi connectivity index (χ0n) is 11.5. The summed E-state index contributed by atoms with van der Waals surface area (Å²) >= 11 is 1.10. The molecule has 0 atom stereocenters. The van der Waals surface area contributed by atoms with Gasteiger partial charge in [0.15, 0.2) is 0 Å². The molecule has 0 saturated carbocycles. The molecule has 0 unspecified atom stereocenters. The van der Waals surface area contributed by atoms with Crippen molar-refractivity contribution < 1.29 is 24.4 Å². The van der Waals surface area contributed by atoms with Gasteiger partial charge >= 0.3 is 12.1 Å². The van der Waals surface area contributed by atoms with Crippen LogP contribution < -0.4 is 5.32 Å². The van der Waals surface area contributed by atoms with E-state index in [1.165, 1.54) is 24.3 Å². The Kier molecular flexibility index (Phi) is 6.90. The maximum absolute atomic E-state index is 11.5. The van der Waals surface area contributed by atoms with Crippen LogP contribution in [0.25, 0.3) is 0 Å². The number of nitro groups is 1. The summed E-state index contributed by atoms with van der Waals surface area (Å²) in [6.07, 6.45) is 0.569. The highest BCUT2D eigenvalue weighted by Crippen LogP contribution is 2.31. The first-order chi connectivity index (χ1) is 10.4. The third kappa shape index (κ3) is 5.83. The molecule has 0 aromatic heterocycles. The van der Waals surface area contributed by atoms with Crippen molar-refractivity contribution in [3.8, 4) is 0 Å². The number of non-ortho nitro benzene ring substituents is 1. The van der Waals surface area contributed by atoms with E-state index in [9.17, 15) is 19.7 Å². The number of aliphatic carboxylic acids is 1. The number of nitro benzene ring substituents is 1. The van der Waals surface area contributed by atoms with E-state index in [2.05, 4.69) is 11.9 Å². The molecule has 22 heavy (non-hydrogen) atoms. The van der Waals surface area contributed by atoms with Gasteiger partial charge in [0, 0.05) is 22.8 Å². The van der Waals surface area contributed by atoms with Crippen molar-refractivity contribution in [3.63, 3.8) is 0 Å². The van der Waals surface area contributed by atoms with Gasteiger partial charge < -0.3 is 9.84 Å². The summed E-state index contributed by atoms with van der Waals surface area (Å²) in [5.41, 5.74) is 0.165. The molecule has 1 aromatic carbocycles. The molecule has 0 aliphatic carbocycles. The number of carbonyl (C=O) groups is 2. The Morgan fingerprint density at radius 2 is 2.23 bits per heavy atom. The Balaban J connectivity index is 2.88. The molecule has 0 saturated heterocycles. The number of benzene rings is 1. The van der Waals surface area contributed by atoms with E-state index in [1.807, 2.05) is 0 Å². The van der Waals surface area contributed by atoms with E-state index in [0.29, 0.717) is 10.6 Å². The number of rotatable bonds is 8. The topological polar surface area (TPSA) is 119 Å². The number of nitrogens with zero attached hydrogens (tertiary/aromatic N) is 1. The predicted molar refractivity (Wildman–Crippen MR) is 81.2 cm³/mol. The standard InChI is InChI=1S/C13H14N2O6S/c1-2-6-21-13(18)14-10-4-3-9(15(19)20)8-11(10)22-7-5-12(16)17/h2-4,8H,1,5-7H2,(H,14,18)(H,16,17). The van der Waals surface area contributed by atoms with Crippen molar-refractivity contribution in [2.75, 3.05) is 17.7 Å². The normalized spacial score (nSPS) is 9.82. The van der Waals surface area contributed by atoms with Crippen molar-refractivity contribution >= 4 is 35.2 Å². The number of carboxylic acids is 1. The summed E-state index contributed by atoms with van der Waals surface area (Å²) in [5, 5.41) is 21.9. The van der Waals surface area contributed by atoms with E-state index in [-0.39, 0.29) is 24.5 Å². The first-order valence-electron chi connectivity index (χ1n) is 6.11. The van der Waals surface area contributed by atoms with E-state index < -0.39 is 17.0 Å². The van der Waals surface area contributed by atoms with Gasteiger partial charge in [-0.1, -0.05) is 12.7 Å². The van der Waals surface area contributed by atoms with E-state index in [4.69, 9.17) is 9.84 Å². The summed E-state index contributed by atoms with van der Waals surface area (Å²) in [5.74, 6) is -0.759. The number of nitrogens with one attached hydrogen (secondary N) is 1. The second-order valence-corrected chi connectivity index (χ2v) is 5.08. The highest BCUT2D eigenvalue weighted by atomic mass is 32.2. The predicted octanol–water partition coefficient (Wildman–Crippen LogP) is 2.90. The number of thioether (sulfide) groups is 1. The lowest BCUT2D eigenvalue weighted by atomic mass is 10.3. The lowest BCUT2D eigenvalue weighted by Crippen LogP contribution is -2.14. The zero-order valence-corrected chi connectivity index (χ0v) is 12.3. The fraction of sp³-hybridized carbons (Fsp3) is 0.231. The number of amides is 1. The third-order valence-corrected chi connectivity index (χ3v) is 3.38. The van der Waals surface area contributed by atoms with Crippen LogP contribution in [-0.4, -0.2) is 34.5 Å². The van der Waals surface area contributed by atoms with E-state index in [0.717, 1.165) is 11.8 Å². The summed E-state index contributed by atoms with van der Waals surface area (Å²) in [7, 11) is 0. The molecular weight excluding hydrogens is 312 g/mol. The van der Waals surface area contributed by atoms with Gasteiger partial charge in [-0.3, -0.25) is 20.2 Å². The van der Waals surface area contributed by atoms with Gasteiger partial charge in [-0.2, -0.15) is 0 Å². The fourth-order valence-electron chi connectivity index (χ4n) is 1.38. The summed E-state index contributed by atoms with van der Waals surface area (Å²) < 4.78 is 4.77. The Hall–Kier alpha value is -2.55. The van der Waals surface area contributed by atoms with Crippen molar-refractivity contribution in [3.05, 3.63) is 41.0 Å². The largest absolute Gasteiger partial charge is 0.481 e. The van der Waals surface area contributed by atoms with Crippen molar-refractivity contribution in [2.24, 2.45) is 0 Å². The van der Waals surface area contributed by atoms with Gasteiger partial charge in [0.2, 0.25) is 0 Å². The Morgan fingerprint density at radius 1 is 1.50 bits per heavy atom. The van der Waals surface area contributed by atoms with E-state index in [1.54, 1.807) is 0 Å². The molecule has 0 aliphatic heterocycles. The third-order valence-electron chi connectivity index (χ3n) is 2.32. The SMILES string of the molecule is C=CCOC(=O)Nc1ccc([N+](=O)[O-])cc1SCCC(=O)O. The summed E-state index contributed by atoms with van der Waals surface area (Å²) in [4.78, 5) is 32.6. The number of anilines is 1. The highest BCUT2D eigenvalue weighted by Gasteiger charge is 2.14. The molecule has 0 spiro atoms. The number of hydrogen-bond acceptors (Lipinski definition) is 6. The van der Waals surface area contributed by atoms with Gasteiger partial charge in [0.05, 0.1) is 17.0 Å². The minimum atomic E-state index is -0.974. The summed E-state index contributed by atoms with van der Waals surface area (Å²) in [6.45, 7) is 3.43. The molecular formula is C13H14N2O6S. The number of carbonyl (C=O) groups excluding carboxylic acids is 1. The van der Waals surface area contributed by atoms with Crippen molar-refractivity contribution in [1.29, 1.82) is 0 Å². The molecule has 9 heteroatoms. The summed E-state index contributed by atoms with van der Waals surface area (Å²) in [6, 6.07) is 3.89. The number of ether oxygens (including phenoxy) is 1. The fourth-order valence-corrected chi connectivity index (χ4v) is 2.35. The molecule has 0 aliphatic rings. The Labute approximate surface area is 130 Å². The highest BCUT2D eigenvalue weighted by molar-refractivity contribution is 7.99. The van der Waals surface area contributed by atoms with Crippen LogP contribution in [0.15, 0.2) is 35.7 Å². The first-order valence-corrected chi connectivity index (χ1v) is 7.10. The van der Waals surface area contributed by atoms with Crippen LogP contribution in [0.4, 0.5) is 16.2 Å². The average Bonchev–Trinajstić information content (AvgIpc) is 2.46. The first kappa shape index (κ1) is 17.5. The van der Waals surface area contributed by atoms with Gasteiger partial charge in [-0.15, -0.1) is 11.8 Å². The average molecular weight is 326 g/mol. The van der Waals surface area contributed by atoms with Crippen molar-refractivity contribution in [2.45, 2.75) is 11.3 Å². The molecule has 1 amide bonds. The van der Waals surface area contributed by atoms with Gasteiger partial charge in [-0.05, 0) is 6.07 Å². The van der Waals surface area contributed by atoms with Crippen LogP contribution in [0.1, 0.15) is 6.42 Å².